The molecule has 2 rings (SSSR count). The van der Waals surface area contributed by atoms with Gasteiger partial charge in [-0.2, -0.15) is 0 Å². The number of nitrogens with two attached hydrogens (primary N) is 1. The van der Waals surface area contributed by atoms with E-state index in [1.54, 1.807) is 0 Å². The van der Waals surface area contributed by atoms with Gasteiger partial charge >= 0.3 is 0 Å². The van der Waals surface area contributed by atoms with Crippen molar-refractivity contribution in [2.45, 2.75) is 32.7 Å². The first kappa shape index (κ1) is 13.1. The SMILES string of the molecule is CCCCc1oc2ccccc2c1CNCCN. The van der Waals surface area contributed by atoms with Gasteiger partial charge in [0.25, 0.3) is 0 Å². The Labute approximate surface area is 108 Å². The van der Waals surface area contributed by atoms with Crippen LogP contribution in [0.2, 0.25) is 0 Å². The number of rotatable bonds is 7. The minimum Gasteiger partial charge on any atom is -0.461 e. The zero-order valence-electron chi connectivity index (χ0n) is 11.0. The zero-order chi connectivity index (χ0) is 12.8. The Bertz CT molecular complexity index is 490. The number of hydrogen-bond donors (Lipinski definition) is 2. The molecule has 3 heteroatoms. The maximum atomic E-state index is 5.96. The topological polar surface area (TPSA) is 51.2 Å². The molecule has 2 aromatic rings. The highest BCUT2D eigenvalue weighted by Gasteiger charge is 2.12. The summed E-state index contributed by atoms with van der Waals surface area (Å²) in [5, 5.41) is 4.59. The number of para-hydroxylation sites is 1. The van der Waals surface area contributed by atoms with Gasteiger partial charge < -0.3 is 15.5 Å². The monoisotopic (exact) mass is 246 g/mol. The molecule has 0 saturated carbocycles. The van der Waals surface area contributed by atoms with Crippen LogP contribution in [-0.2, 0) is 13.0 Å². The van der Waals surface area contributed by atoms with Crippen molar-refractivity contribution in [3.63, 3.8) is 0 Å². The van der Waals surface area contributed by atoms with E-state index in [-0.39, 0.29) is 0 Å². The van der Waals surface area contributed by atoms with E-state index in [1.165, 1.54) is 23.8 Å². The first-order valence-corrected chi connectivity index (χ1v) is 6.77. The van der Waals surface area contributed by atoms with Gasteiger partial charge in [-0.1, -0.05) is 31.5 Å². The Morgan fingerprint density at radius 1 is 1.28 bits per heavy atom. The zero-order valence-corrected chi connectivity index (χ0v) is 11.0. The third kappa shape index (κ3) is 2.92. The van der Waals surface area contributed by atoms with E-state index >= 15 is 0 Å². The molecule has 18 heavy (non-hydrogen) atoms. The fraction of sp³-hybridized carbons (Fsp3) is 0.467. The summed E-state index contributed by atoms with van der Waals surface area (Å²) in [6.45, 7) is 4.55. The molecule has 0 saturated heterocycles. The van der Waals surface area contributed by atoms with Crippen molar-refractivity contribution in [3.05, 3.63) is 35.6 Å². The largest absolute Gasteiger partial charge is 0.461 e. The predicted molar refractivity (Wildman–Crippen MR) is 75.6 cm³/mol. The number of furan rings is 1. The lowest BCUT2D eigenvalue weighted by molar-refractivity contribution is 0.525. The van der Waals surface area contributed by atoms with Crippen LogP contribution in [0, 0.1) is 0 Å². The molecule has 0 amide bonds. The van der Waals surface area contributed by atoms with Gasteiger partial charge in [-0.15, -0.1) is 0 Å². The number of unbranched alkanes of at least 4 members (excludes halogenated alkanes) is 1. The molecule has 0 radical (unpaired) electrons. The fourth-order valence-corrected chi connectivity index (χ4v) is 2.20. The summed E-state index contributed by atoms with van der Waals surface area (Å²) in [6, 6.07) is 8.26. The number of fused-ring (bicyclic) bond motifs is 1. The second kappa shape index (κ2) is 6.57. The van der Waals surface area contributed by atoms with Crippen molar-refractivity contribution in [2.24, 2.45) is 5.73 Å². The van der Waals surface area contributed by atoms with Crippen LogP contribution in [0.5, 0.6) is 0 Å². The lowest BCUT2D eigenvalue weighted by atomic mass is 10.1. The minimum atomic E-state index is 0.667. The third-order valence-electron chi connectivity index (χ3n) is 3.16. The number of nitrogens with one attached hydrogen (secondary N) is 1. The highest BCUT2D eigenvalue weighted by Crippen LogP contribution is 2.26. The summed E-state index contributed by atoms with van der Waals surface area (Å²) in [5.41, 5.74) is 7.81. The molecule has 0 bridgehead atoms. The van der Waals surface area contributed by atoms with Crippen molar-refractivity contribution >= 4 is 11.0 Å². The molecule has 0 aliphatic rings. The van der Waals surface area contributed by atoms with Gasteiger partial charge in [0.2, 0.25) is 0 Å². The molecule has 0 unspecified atom stereocenters. The van der Waals surface area contributed by atoms with Crippen molar-refractivity contribution < 1.29 is 4.42 Å². The molecule has 1 aromatic carbocycles. The van der Waals surface area contributed by atoms with Crippen LogP contribution in [0.3, 0.4) is 0 Å². The predicted octanol–water partition coefficient (Wildman–Crippen LogP) is 2.82. The van der Waals surface area contributed by atoms with E-state index in [2.05, 4.69) is 24.4 Å². The maximum absolute atomic E-state index is 5.96. The Balaban J connectivity index is 2.25. The van der Waals surface area contributed by atoms with Crippen LogP contribution in [-0.4, -0.2) is 13.1 Å². The van der Waals surface area contributed by atoms with E-state index in [1.807, 2.05) is 12.1 Å². The van der Waals surface area contributed by atoms with Crippen LogP contribution >= 0.6 is 0 Å². The normalized spacial score (nSPS) is 11.2. The van der Waals surface area contributed by atoms with Gasteiger partial charge in [0.15, 0.2) is 0 Å². The minimum absolute atomic E-state index is 0.667. The molecule has 0 aliphatic carbocycles. The van der Waals surface area contributed by atoms with Gasteiger partial charge in [0, 0.05) is 37.0 Å². The van der Waals surface area contributed by atoms with Gasteiger partial charge in [-0.3, -0.25) is 0 Å². The van der Waals surface area contributed by atoms with Crippen LogP contribution in [0.25, 0.3) is 11.0 Å². The van der Waals surface area contributed by atoms with Crippen molar-refractivity contribution in [3.8, 4) is 0 Å². The molecule has 0 fully saturated rings. The lowest BCUT2D eigenvalue weighted by Crippen LogP contribution is -2.22. The quantitative estimate of drug-likeness (QED) is 0.739. The van der Waals surface area contributed by atoms with E-state index in [0.29, 0.717) is 6.54 Å². The molecule has 0 atom stereocenters. The summed E-state index contributed by atoms with van der Waals surface area (Å²) < 4.78 is 5.96. The second-order valence-corrected chi connectivity index (χ2v) is 4.57. The number of aryl methyl sites for hydroxylation is 1. The Kier molecular flexibility index (Phi) is 4.79. The Hall–Kier alpha value is -1.32. The molecule has 0 aliphatic heterocycles. The highest BCUT2D eigenvalue weighted by molar-refractivity contribution is 5.82. The first-order chi connectivity index (χ1) is 8.86. The van der Waals surface area contributed by atoms with Gasteiger partial charge in [0.1, 0.15) is 11.3 Å². The summed E-state index contributed by atoms with van der Waals surface area (Å²) in [5.74, 6) is 1.13. The third-order valence-corrected chi connectivity index (χ3v) is 3.16. The summed E-state index contributed by atoms with van der Waals surface area (Å²) in [4.78, 5) is 0. The van der Waals surface area contributed by atoms with Crippen molar-refractivity contribution in [2.75, 3.05) is 13.1 Å². The summed E-state index contributed by atoms with van der Waals surface area (Å²) in [7, 11) is 0. The van der Waals surface area contributed by atoms with Crippen molar-refractivity contribution in [1.29, 1.82) is 0 Å². The van der Waals surface area contributed by atoms with E-state index in [9.17, 15) is 0 Å². The van der Waals surface area contributed by atoms with E-state index in [0.717, 1.165) is 30.9 Å². The van der Waals surface area contributed by atoms with Crippen molar-refractivity contribution in [1.82, 2.24) is 5.32 Å². The molecule has 0 spiro atoms. The Morgan fingerprint density at radius 2 is 2.11 bits per heavy atom. The fourth-order valence-electron chi connectivity index (χ4n) is 2.20. The standard InChI is InChI=1S/C15H22N2O/c1-2-3-7-15-13(11-17-10-9-16)12-6-4-5-8-14(12)18-15/h4-6,8,17H,2-3,7,9-11,16H2,1H3. The van der Waals surface area contributed by atoms with Gasteiger partial charge in [-0.05, 0) is 12.5 Å². The van der Waals surface area contributed by atoms with Crippen LogP contribution in [0.15, 0.2) is 28.7 Å². The average molecular weight is 246 g/mol. The highest BCUT2D eigenvalue weighted by atomic mass is 16.3. The molecule has 1 aromatic heterocycles. The van der Waals surface area contributed by atoms with Crippen LogP contribution < -0.4 is 11.1 Å². The maximum Gasteiger partial charge on any atom is 0.134 e. The van der Waals surface area contributed by atoms with Gasteiger partial charge in [-0.25, -0.2) is 0 Å². The first-order valence-electron chi connectivity index (χ1n) is 6.77. The lowest BCUT2D eigenvalue weighted by Gasteiger charge is -2.04. The average Bonchev–Trinajstić information content (AvgIpc) is 2.75. The Morgan fingerprint density at radius 3 is 2.89 bits per heavy atom. The van der Waals surface area contributed by atoms with E-state index in [4.69, 9.17) is 10.2 Å². The molecular formula is C15H22N2O. The van der Waals surface area contributed by atoms with E-state index < -0.39 is 0 Å². The number of hydrogen-bond acceptors (Lipinski definition) is 3. The van der Waals surface area contributed by atoms with Gasteiger partial charge in [0.05, 0.1) is 0 Å². The summed E-state index contributed by atoms with van der Waals surface area (Å²) >= 11 is 0. The van der Waals surface area contributed by atoms with Crippen LogP contribution in [0.4, 0.5) is 0 Å². The molecule has 3 nitrogen and oxygen atoms in total. The second-order valence-electron chi connectivity index (χ2n) is 4.57. The molecule has 1 heterocycles. The smallest absolute Gasteiger partial charge is 0.134 e. The van der Waals surface area contributed by atoms with Crippen LogP contribution in [0.1, 0.15) is 31.1 Å². The summed E-state index contributed by atoms with van der Waals surface area (Å²) in [6.07, 6.45) is 3.38. The molecule has 98 valence electrons. The molecular weight excluding hydrogens is 224 g/mol. The molecule has 3 N–H and O–H groups in total. The number of benzene rings is 1.